The smallest absolute Gasteiger partial charge is 0.334 e. The van der Waals surface area contributed by atoms with E-state index >= 15 is 0 Å². The van der Waals surface area contributed by atoms with Gasteiger partial charge in [-0.15, -0.1) is 11.3 Å². The number of hydrogen-bond acceptors (Lipinski definition) is 5. The van der Waals surface area contributed by atoms with Gasteiger partial charge in [0, 0.05) is 0 Å². The van der Waals surface area contributed by atoms with Gasteiger partial charge in [0.2, 0.25) is 0 Å². The van der Waals surface area contributed by atoms with Crippen molar-refractivity contribution < 1.29 is 17.4 Å². The molecule has 13 heavy (non-hydrogen) atoms. The Labute approximate surface area is 86.8 Å². The average molecular weight is 286 g/mol. The second-order valence-electron chi connectivity index (χ2n) is 1.91. The Hall–Kier alpha value is -0.600. The Morgan fingerprint density at radius 2 is 2.23 bits per heavy atom. The number of carbonyl (C=O) groups excluding carboxylic acids is 1. The van der Waals surface area contributed by atoms with Gasteiger partial charge in [0.25, 0.3) is 0 Å². The minimum atomic E-state index is -4.05. The van der Waals surface area contributed by atoms with E-state index < -0.39 is 16.2 Å². The summed E-state index contributed by atoms with van der Waals surface area (Å²) in [7, 11) is -4.05. The van der Waals surface area contributed by atoms with E-state index in [9.17, 15) is 13.2 Å². The molecule has 1 aromatic heterocycles. The third-order valence-corrected chi connectivity index (χ3v) is 4.85. The maximum absolute atomic E-state index is 11.2. The van der Waals surface area contributed by atoms with Crippen LogP contribution in [-0.4, -0.2) is 14.5 Å². The van der Waals surface area contributed by atoms with E-state index in [4.69, 9.17) is 0 Å². The van der Waals surface area contributed by atoms with Crippen molar-refractivity contribution in [2.75, 3.05) is 0 Å². The lowest BCUT2D eigenvalue weighted by molar-refractivity contribution is 0.213. The average Bonchev–Trinajstić information content (AvgIpc) is 2.32. The molecule has 0 unspecified atom stereocenters. The zero-order valence-electron chi connectivity index (χ0n) is 6.06. The van der Waals surface area contributed by atoms with Gasteiger partial charge in [0.1, 0.15) is 0 Å². The van der Waals surface area contributed by atoms with E-state index in [-0.39, 0.29) is 4.21 Å². The molecule has 0 aliphatic heterocycles. The molecule has 8 heteroatoms. The van der Waals surface area contributed by atoms with Gasteiger partial charge in [-0.25, -0.2) is 4.79 Å². The zero-order chi connectivity index (χ0) is 10.1. The number of amides is 1. The van der Waals surface area contributed by atoms with E-state index in [1.165, 1.54) is 6.07 Å². The van der Waals surface area contributed by atoms with E-state index in [2.05, 4.69) is 25.8 Å². The summed E-state index contributed by atoms with van der Waals surface area (Å²) in [6, 6.07) is 1.53. The minimum Gasteiger partial charge on any atom is -0.334 e. The molecule has 0 saturated carbocycles. The van der Waals surface area contributed by atoms with Crippen LogP contribution in [0.1, 0.15) is 0 Å². The first kappa shape index (κ1) is 10.5. The van der Waals surface area contributed by atoms with E-state index in [0.29, 0.717) is 4.47 Å². The normalized spacial score (nSPS) is 11.2. The highest BCUT2D eigenvalue weighted by molar-refractivity contribution is 9.10. The molecule has 0 saturated heterocycles. The molecule has 0 aliphatic rings. The van der Waals surface area contributed by atoms with Gasteiger partial charge in [-0.3, -0.25) is 0 Å². The molecule has 0 fully saturated rings. The van der Waals surface area contributed by atoms with Gasteiger partial charge in [-0.2, -0.15) is 8.42 Å². The number of carbonyl (C=O) groups is 1. The molecule has 2 N–H and O–H groups in total. The van der Waals surface area contributed by atoms with Crippen molar-refractivity contribution >= 4 is 43.5 Å². The Balaban J connectivity index is 3.09. The number of thiophene rings is 1. The first-order chi connectivity index (χ1) is 5.93. The quantitative estimate of drug-likeness (QED) is 0.830. The van der Waals surface area contributed by atoms with Crippen molar-refractivity contribution in [1.29, 1.82) is 0 Å². The summed E-state index contributed by atoms with van der Waals surface area (Å²) < 4.78 is 26.6. The molecule has 1 heterocycles. The lowest BCUT2D eigenvalue weighted by atomic mass is 10.7. The van der Waals surface area contributed by atoms with Gasteiger partial charge in [-0.05, 0) is 27.4 Å². The van der Waals surface area contributed by atoms with E-state index in [1.807, 2.05) is 0 Å². The molecule has 1 amide bonds. The predicted molar refractivity (Wildman–Crippen MR) is 49.9 cm³/mol. The zero-order valence-corrected chi connectivity index (χ0v) is 9.28. The molecule has 5 nitrogen and oxygen atoms in total. The topological polar surface area (TPSA) is 86.5 Å². The van der Waals surface area contributed by atoms with E-state index in [1.54, 1.807) is 5.38 Å². The fraction of sp³-hybridized carbons (Fsp3) is 0. The summed E-state index contributed by atoms with van der Waals surface area (Å²) in [6.07, 6.45) is -1.35. The van der Waals surface area contributed by atoms with E-state index in [0.717, 1.165) is 11.3 Å². The number of halogens is 1. The standard InChI is InChI=1S/C5H4BrNO4S2/c6-3-1-2-12-4(3)13(9,10)11-5(7)8/h1-2H,(H2,7,8). The second-order valence-corrected chi connectivity index (χ2v) is 5.42. The molecule has 0 radical (unpaired) electrons. The summed E-state index contributed by atoms with van der Waals surface area (Å²) in [4.78, 5) is 10.2. The molecule has 1 rings (SSSR count). The minimum absolute atomic E-state index is 0.0775. The van der Waals surface area contributed by atoms with Crippen molar-refractivity contribution in [2.24, 2.45) is 5.73 Å². The molecule has 72 valence electrons. The van der Waals surface area contributed by atoms with Gasteiger partial charge in [0.05, 0.1) is 4.47 Å². The Morgan fingerprint density at radius 3 is 2.62 bits per heavy atom. The highest BCUT2D eigenvalue weighted by Gasteiger charge is 2.22. The first-order valence-electron chi connectivity index (χ1n) is 2.90. The molecule has 0 spiro atoms. The number of nitrogens with two attached hydrogens (primary N) is 1. The maximum atomic E-state index is 11.2. The van der Waals surface area contributed by atoms with Crippen molar-refractivity contribution in [1.82, 2.24) is 0 Å². The summed E-state index contributed by atoms with van der Waals surface area (Å²) in [6.45, 7) is 0. The van der Waals surface area contributed by atoms with Crippen LogP contribution in [0.2, 0.25) is 0 Å². The highest BCUT2D eigenvalue weighted by Crippen LogP contribution is 2.28. The largest absolute Gasteiger partial charge is 0.420 e. The molecule has 0 bridgehead atoms. The Morgan fingerprint density at radius 1 is 1.62 bits per heavy atom. The Bertz CT molecular complexity index is 423. The molecule has 0 aliphatic carbocycles. The Kier molecular flexibility index (Phi) is 2.94. The maximum Gasteiger partial charge on any atom is 0.420 e. The molecular formula is C5H4BrNO4S2. The number of primary amides is 1. The summed E-state index contributed by atoms with van der Waals surface area (Å²) >= 11 is 3.92. The van der Waals surface area contributed by atoms with Crippen LogP contribution < -0.4 is 5.73 Å². The molecule has 1 aromatic rings. The van der Waals surface area contributed by atoms with Crippen LogP contribution in [-0.2, 0) is 14.3 Å². The third kappa shape index (κ3) is 2.42. The number of hydrogen-bond donors (Lipinski definition) is 1. The third-order valence-electron chi connectivity index (χ3n) is 1.00. The van der Waals surface area contributed by atoms with Crippen LogP contribution >= 0.6 is 27.3 Å². The lowest BCUT2D eigenvalue weighted by Gasteiger charge is -1.99. The highest BCUT2D eigenvalue weighted by atomic mass is 79.9. The van der Waals surface area contributed by atoms with Gasteiger partial charge in [0.15, 0.2) is 4.21 Å². The van der Waals surface area contributed by atoms with Crippen LogP contribution in [0.3, 0.4) is 0 Å². The van der Waals surface area contributed by atoms with Crippen LogP contribution in [0, 0.1) is 0 Å². The fourth-order valence-electron chi connectivity index (χ4n) is 0.604. The predicted octanol–water partition coefficient (Wildman–Crippen LogP) is 1.29. The van der Waals surface area contributed by atoms with Crippen LogP contribution in [0.5, 0.6) is 0 Å². The second kappa shape index (κ2) is 3.64. The fourth-order valence-corrected chi connectivity index (χ4v) is 3.63. The molecule has 0 atom stereocenters. The van der Waals surface area contributed by atoms with Gasteiger partial charge >= 0.3 is 16.2 Å². The van der Waals surface area contributed by atoms with Crippen molar-refractivity contribution in [2.45, 2.75) is 4.21 Å². The summed E-state index contributed by atoms with van der Waals surface area (Å²) in [5, 5.41) is 1.54. The van der Waals surface area contributed by atoms with Crippen LogP contribution in [0.15, 0.2) is 20.1 Å². The summed E-state index contributed by atoms with van der Waals surface area (Å²) in [5.41, 5.74) is 4.58. The van der Waals surface area contributed by atoms with Crippen molar-refractivity contribution in [3.05, 3.63) is 15.9 Å². The SMILES string of the molecule is NC(=O)OS(=O)(=O)c1sccc1Br. The molecular weight excluding hydrogens is 282 g/mol. The van der Waals surface area contributed by atoms with Gasteiger partial charge in [-0.1, -0.05) is 0 Å². The van der Waals surface area contributed by atoms with Crippen LogP contribution in [0.4, 0.5) is 4.79 Å². The van der Waals surface area contributed by atoms with Crippen molar-refractivity contribution in [3.63, 3.8) is 0 Å². The van der Waals surface area contributed by atoms with Crippen LogP contribution in [0.25, 0.3) is 0 Å². The summed E-state index contributed by atoms with van der Waals surface area (Å²) in [5.74, 6) is 0. The van der Waals surface area contributed by atoms with Gasteiger partial charge < -0.3 is 9.92 Å². The lowest BCUT2D eigenvalue weighted by Crippen LogP contribution is -2.18. The monoisotopic (exact) mass is 285 g/mol. The van der Waals surface area contributed by atoms with Crippen molar-refractivity contribution in [3.8, 4) is 0 Å². The molecule has 0 aromatic carbocycles. The number of rotatable bonds is 2. The first-order valence-corrected chi connectivity index (χ1v) is 5.98.